The number of hydrogen-bond acceptors (Lipinski definition) is 2. The molecule has 22 heavy (non-hydrogen) atoms. The Bertz CT molecular complexity index is 642. The highest BCUT2D eigenvalue weighted by Gasteiger charge is 2.29. The lowest BCUT2D eigenvalue weighted by molar-refractivity contribution is 0.504. The number of nitrogens with two attached hydrogens (primary N) is 1. The lowest BCUT2D eigenvalue weighted by Gasteiger charge is -2.34. The van der Waals surface area contributed by atoms with Crippen molar-refractivity contribution in [2.24, 2.45) is 5.73 Å². The first-order chi connectivity index (χ1) is 10.7. The highest BCUT2D eigenvalue weighted by atomic mass is 14.7. The molecule has 0 aliphatic heterocycles. The van der Waals surface area contributed by atoms with Gasteiger partial charge in [-0.3, -0.25) is 4.98 Å². The van der Waals surface area contributed by atoms with Crippen LogP contribution >= 0.6 is 0 Å². The van der Waals surface area contributed by atoms with Crippen LogP contribution in [0.5, 0.6) is 0 Å². The summed E-state index contributed by atoms with van der Waals surface area (Å²) in [6.07, 6.45) is 9.38. The highest BCUT2D eigenvalue weighted by Crippen LogP contribution is 2.37. The van der Waals surface area contributed by atoms with Crippen LogP contribution in [0.25, 0.3) is 5.57 Å². The van der Waals surface area contributed by atoms with Gasteiger partial charge in [-0.1, -0.05) is 36.4 Å². The van der Waals surface area contributed by atoms with Crippen molar-refractivity contribution in [2.75, 3.05) is 0 Å². The predicted octanol–water partition coefficient (Wildman–Crippen LogP) is 4.37. The molecule has 0 bridgehead atoms. The molecule has 0 amide bonds. The maximum atomic E-state index is 6.77. The van der Waals surface area contributed by atoms with E-state index < -0.39 is 0 Å². The van der Waals surface area contributed by atoms with E-state index in [0.717, 1.165) is 19.3 Å². The molecule has 1 aliphatic rings. The molecule has 2 nitrogen and oxygen atoms in total. The summed E-state index contributed by atoms with van der Waals surface area (Å²) in [5.41, 5.74) is 11.8. The van der Waals surface area contributed by atoms with Gasteiger partial charge in [-0.15, -0.1) is 0 Å². The van der Waals surface area contributed by atoms with E-state index in [1.165, 1.54) is 35.1 Å². The summed E-state index contributed by atoms with van der Waals surface area (Å²) in [7, 11) is 0. The van der Waals surface area contributed by atoms with E-state index >= 15 is 0 Å². The fraction of sp³-hybridized carbons (Fsp3) is 0.350. The number of pyridine rings is 1. The molecule has 3 rings (SSSR count). The Kier molecular flexibility index (Phi) is 4.39. The van der Waals surface area contributed by atoms with E-state index in [9.17, 15) is 0 Å². The Morgan fingerprint density at radius 1 is 1.05 bits per heavy atom. The van der Waals surface area contributed by atoms with Gasteiger partial charge < -0.3 is 5.73 Å². The minimum Gasteiger partial charge on any atom is -0.322 e. The summed E-state index contributed by atoms with van der Waals surface area (Å²) in [6.45, 7) is 2.18. The Hall–Kier alpha value is -1.93. The number of benzene rings is 1. The van der Waals surface area contributed by atoms with Gasteiger partial charge in [0, 0.05) is 17.9 Å². The monoisotopic (exact) mass is 292 g/mol. The summed E-state index contributed by atoms with van der Waals surface area (Å²) < 4.78 is 0. The zero-order valence-corrected chi connectivity index (χ0v) is 13.3. The molecule has 0 saturated heterocycles. The summed E-state index contributed by atoms with van der Waals surface area (Å²) >= 11 is 0. The number of allylic oxidation sites excluding steroid dienone is 1. The Balaban J connectivity index is 1.96. The van der Waals surface area contributed by atoms with Crippen molar-refractivity contribution >= 4 is 5.57 Å². The minimum atomic E-state index is -0.299. The van der Waals surface area contributed by atoms with Crippen LogP contribution in [0.3, 0.4) is 0 Å². The normalized spacial score (nSPS) is 18.1. The van der Waals surface area contributed by atoms with Gasteiger partial charge in [-0.05, 0) is 67.4 Å². The zero-order valence-electron chi connectivity index (χ0n) is 13.3. The molecule has 1 aromatic carbocycles. The lowest BCUT2D eigenvalue weighted by atomic mass is 9.76. The quantitative estimate of drug-likeness (QED) is 0.908. The van der Waals surface area contributed by atoms with Crippen molar-refractivity contribution in [2.45, 2.75) is 44.6 Å². The van der Waals surface area contributed by atoms with Crippen LogP contribution in [0.15, 0.2) is 60.4 Å². The average Bonchev–Trinajstić information content (AvgIpc) is 2.56. The first kappa shape index (κ1) is 15.0. The second-order valence-electron chi connectivity index (χ2n) is 6.49. The molecule has 1 unspecified atom stereocenters. The summed E-state index contributed by atoms with van der Waals surface area (Å²) in [6, 6.07) is 14.7. The number of rotatable bonds is 4. The van der Waals surface area contributed by atoms with Gasteiger partial charge in [0.15, 0.2) is 0 Å². The molecule has 1 atom stereocenters. The second kappa shape index (κ2) is 6.45. The van der Waals surface area contributed by atoms with Gasteiger partial charge in [0.25, 0.3) is 0 Å². The maximum Gasteiger partial charge on any atom is 0.0386 e. The van der Waals surface area contributed by atoms with Gasteiger partial charge >= 0.3 is 0 Å². The SMILES string of the molecule is CC(N)(Cc1ccccc1)C1=C(c2cccnc2)CCCC1. The van der Waals surface area contributed by atoms with E-state index in [2.05, 4.69) is 48.3 Å². The molecular weight excluding hydrogens is 268 g/mol. The van der Waals surface area contributed by atoms with Gasteiger partial charge in [0.05, 0.1) is 0 Å². The van der Waals surface area contributed by atoms with Crippen LogP contribution in [0.1, 0.15) is 43.7 Å². The Labute approximate surface area is 133 Å². The lowest BCUT2D eigenvalue weighted by Crippen LogP contribution is -2.42. The molecule has 0 spiro atoms. The largest absolute Gasteiger partial charge is 0.322 e. The van der Waals surface area contributed by atoms with Crippen LogP contribution in [0, 0.1) is 0 Å². The zero-order chi connectivity index (χ0) is 15.4. The van der Waals surface area contributed by atoms with Gasteiger partial charge in [-0.25, -0.2) is 0 Å². The molecule has 0 saturated carbocycles. The van der Waals surface area contributed by atoms with Gasteiger partial charge in [0.1, 0.15) is 0 Å². The van der Waals surface area contributed by atoms with Crippen LogP contribution in [0.2, 0.25) is 0 Å². The molecule has 2 aromatic rings. The average molecular weight is 292 g/mol. The fourth-order valence-corrected chi connectivity index (χ4v) is 3.52. The van der Waals surface area contributed by atoms with Crippen molar-refractivity contribution in [3.8, 4) is 0 Å². The number of aromatic nitrogens is 1. The standard InChI is InChI=1S/C20H24N2/c1-20(21,14-16-8-3-2-4-9-16)19-12-6-5-11-18(19)17-10-7-13-22-15-17/h2-4,7-10,13,15H,5-6,11-12,14,21H2,1H3. The maximum absolute atomic E-state index is 6.77. The third-order valence-corrected chi connectivity index (χ3v) is 4.58. The van der Waals surface area contributed by atoms with E-state index in [-0.39, 0.29) is 5.54 Å². The predicted molar refractivity (Wildman–Crippen MR) is 92.4 cm³/mol. The summed E-state index contributed by atoms with van der Waals surface area (Å²) in [5, 5.41) is 0. The molecule has 114 valence electrons. The highest BCUT2D eigenvalue weighted by molar-refractivity contribution is 5.70. The minimum absolute atomic E-state index is 0.299. The van der Waals surface area contributed by atoms with Crippen LogP contribution in [-0.4, -0.2) is 10.5 Å². The molecule has 0 fully saturated rings. The van der Waals surface area contributed by atoms with Crippen LogP contribution in [0.4, 0.5) is 0 Å². The Morgan fingerprint density at radius 2 is 1.82 bits per heavy atom. The second-order valence-corrected chi connectivity index (χ2v) is 6.49. The third kappa shape index (κ3) is 3.28. The van der Waals surface area contributed by atoms with E-state index in [4.69, 9.17) is 5.73 Å². The van der Waals surface area contributed by atoms with E-state index in [0.29, 0.717) is 0 Å². The fourth-order valence-electron chi connectivity index (χ4n) is 3.52. The van der Waals surface area contributed by atoms with Crippen molar-refractivity contribution in [3.63, 3.8) is 0 Å². The van der Waals surface area contributed by atoms with Crippen LogP contribution < -0.4 is 5.73 Å². The summed E-state index contributed by atoms with van der Waals surface area (Å²) in [4.78, 5) is 4.29. The summed E-state index contributed by atoms with van der Waals surface area (Å²) in [5.74, 6) is 0. The van der Waals surface area contributed by atoms with E-state index in [1.54, 1.807) is 0 Å². The van der Waals surface area contributed by atoms with Crippen molar-refractivity contribution in [1.29, 1.82) is 0 Å². The number of hydrogen-bond donors (Lipinski definition) is 1. The van der Waals surface area contributed by atoms with Crippen LogP contribution in [-0.2, 0) is 6.42 Å². The molecular formula is C20H24N2. The first-order valence-corrected chi connectivity index (χ1v) is 8.12. The molecule has 2 heteroatoms. The van der Waals surface area contributed by atoms with Crippen molar-refractivity contribution < 1.29 is 0 Å². The topological polar surface area (TPSA) is 38.9 Å². The Morgan fingerprint density at radius 3 is 2.55 bits per heavy atom. The van der Waals surface area contributed by atoms with E-state index in [1.807, 2.05) is 18.5 Å². The van der Waals surface area contributed by atoms with Crippen molar-refractivity contribution in [3.05, 3.63) is 71.6 Å². The van der Waals surface area contributed by atoms with Gasteiger partial charge in [0.2, 0.25) is 0 Å². The molecule has 1 aromatic heterocycles. The third-order valence-electron chi connectivity index (χ3n) is 4.58. The molecule has 1 aliphatic carbocycles. The number of nitrogens with zero attached hydrogens (tertiary/aromatic N) is 1. The molecule has 0 radical (unpaired) electrons. The van der Waals surface area contributed by atoms with Crippen molar-refractivity contribution in [1.82, 2.24) is 4.98 Å². The first-order valence-electron chi connectivity index (χ1n) is 8.12. The smallest absolute Gasteiger partial charge is 0.0386 e. The van der Waals surface area contributed by atoms with Gasteiger partial charge in [-0.2, -0.15) is 0 Å². The molecule has 2 N–H and O–H groups in total. The molecule has 1 heterocycles.